The Morgan fingerprint density at radius 1 is 0.865 bits per heavy atom. The third kappa shape index (κ3) is 4.08. The lowest BCUT2D eigenvalue weighted by molar-refractivity contribution is -0.119. The van der Waals surface area contributed by atoms with E-state index in [1.807, 2.05) is 0 Å². The molecular weight excluding hydrogens is 476 g/mol. The molecule has 37 heavy (non-hydrogen) atoms. The summed E-state index contributed by atoms with van der Waals surface area (Å²) in [5, 5.41) is 2.69. The first-order valence-corrected chi connectivity index (χ1v) is 12.0. The van der Waals surface area contributed by atoms with Gasteiger partial charge in [-0.05, 0) is 55.3 Å². The van der Waals surface area contributed by atoms with Crippen molar-refractivity contribution in [2.24, 2.45) is 0 Å². The summed E-state index contributed by atoms with van der Waals surface area (Å²) in [4.78, 5) is 51.5. The Kier molecular flexibility index (Phi) is 5.40. The van der Waals surface area contributed by atoms with Gasteiger partial charge in [0.15, 0.2) is 18.1 Å². The van der Waals surface area contributed by atoms with Gasteiger partial charge in [0.2, 0.25) is 0 Å². The van der Waals surface area contributed by atoms with E-state index in [4.69, 9.17) is 14.2 Å². The van der Waals surface area contributed by atoms with E-state index in [0.717, 1.165) is 30.6 Å². The minimum atomic E-state index is -0.762. The predicted octanol–water partition coefficient (Wildman–Crippen LogP) is 4.32. The summed E-state index contributed by atoms with van der Waals surface area (Å²) in [6.07, 6.45) is 3.75. The van der Waals surface area contributed by atoms with E-state index in [2.05, 4.69) is 5.32 Å². The average molecular weight is 498 g/mol. The highest BCUT2D eigenvalue weighted by Crippen LogP contribution is 2.47. The molecule has 0 atom stereocenters. The molecule has 0 aromatic heterocycles. The Labute approximate surface area is 211 Å². The van der Waals surface area contributed by atoms with E-state index < -0.39 is 36.1 Å². The van der Waals surface area contributed by atoms with Crippen LogP contribution in [0.4, 0.5) is 11.4 Å². The van der Waals surface area contributed by atoms with Crippen molar-refractivity contribution in [1.82, 2.24) is 0 Å². The Balaban J connectivity index is 1.08. The smallest absolute Gasteiger partial charge is 0.338 e. The Bertz CT molecular complexity index is 1420. The maximum Gasteiger partial charge on any atom is 0.338 e. The van der Waals surface area contributed by atoms with Crippen LogP contribution in [-0.4, -0.2) is 36.1 Å². The molecule has 0 unspecified atom stereocenters. The zero-order valence-electron chi connectivity index (χ0n) is 19.7. The first kappa shape index (κ1) is 22.8. The molecule has 186 valence electrons. The zero-order valence-corrected chi connectivity index (χ0v) is 19.7. The summed E-state index contributed by atoms with van der Waals surface area (Å²) in [5.74, 6) is -1.60. The van der Waals surface area contributed by atoms with E-state index in [1.165, 1.54) is 12.1 Å². The lowest BCUT2D eigenvalue weighted by atomic mass is 10.1. The molecule has 2 aliphatic heterocycles. The standard InChI is InChI=1S/C28H22N2O7/c31-24(29-18-10-11-22-23(15-18)37-28(36-22)12-3-4-13-28)16-35-27(34)17-6-5-7-19(14-17)30-25(32)20-8-1-2-9-21(20)26(30)33/h1-2,5-11,14-15H,3-4,12-13,16H2,(H,29,31). The number of benzene rings is 3. The van der Waals surface area contributed by atoms with Gasteiger partial charge in [0.25, 0.3) is 23.5 Å². The lowest BCUT2D eigenvalue weighted by Gasteiger charge is -2.21. The van der Waals surface area contributed by atoms with E-state index in [9.17, 15) is 19.2 Å². The third-order valence-electron chi connectivity index (χ3n) is 6.65. The van der Waals surface area contributed by atoms with Gasteiger partial charge < -0.3 is 19.5 Å². The van der Waals surface area contributed by atoms with Gasteiger partial charge in [0.05, 0.1) is 22.4 Å². The molecule has 1 spiro atoms. The Morgan fingerprint density at radius 2 is 1.57 bits per heavy atom. The van der Waals surface area contributed by atoms with Crippen LogP contribution < -0.4 is 19.7 Å². The Hall–Kier alpha value is -4.66. The molecule has 9 heteroatoms. The molecule has 3 aromatic carbocycles. The average Bonchev–Trinajstić information content (AvgIpc) is 3.58. The van der Waals surface area contributed by atoms with Crippen molar-refractivity contribution >= 4 is 35.1 Å². The highest BCUT2D eigenvalue weighted by molar-refractivity contribution is 6.34. The van der Waals surface area contributed by atoms with Crippen LogP contribution in [0.25, 0.3) is 0 Å². The number of fused-ring (bicyclic) bond motifs is 2. The first-order chi connectivity index (χ1) is 17.9. The van der Waals surface area contributed by atoms with Crippen LogP contribution in [0.3, 0.4) is 0 Å². The number of imide groups is 1. The summed E-state index contributed by atoms with van der Waals surface area (Å²) in [5.41, 5.74) is 1.45. The van der Waals surface area contributed by atoms with Gasteiger partial charge in [-0.25, -0.2) is 9.69 Å². The molecule has 3 amide bonds. The third-order valence-corrected chi connectivity index (χ3v) is 6.65. The van der Waals surface area contributed by atoms with Crippen LogP contribution in [0, 0.1) is 0 Å². The monoisotopic (exact) mass is 498 g/mol. The number of carbonyl (C=O) groups excluding carboxylic acids is 4. The number of hydrogen-bond donors (Lipinski definition) is 1. The largest absolute Gasteiger partial charge is 0.452 e. The molecule has 3 aromatic rings. The number of nitrogens with zero attached hydrogens (tertiary/aromatic N) is 1. The topological polar surface area (TPSA) is 111 Å². The number of esters is 1. The molecule has 2 heterocycles. The SMILES string of the molecule is O=C(COC(=O)c1cccc(N2C(=O)c3ccccc3C2=O)c1)Nc1ccc2c(c1)OC1(CCCC1)O2. The van der Waals surface area contributed by atoms with E-state index in [-0.39, 0.29) is 11.3 Å². The molecule has 1 saturated carbocycles. The molecule has 0 saturated heterocycles. The summed E-state index contributed by atoms with van der Waals surface area (Å²) in [6, 6.07) is 17.6. The molecule has 6 rings (SSSR count). The fourth-order valence-electron chi connectivity index (χ4n) is 4.90. The first-order valence-electron chi connectivity index (χ1n) is 12.0. The normalized spacial score (nSPS) is 16.7. The van der Waals surface area contributed by atoms with Crippen molar-refractivity contribution in [1.29, 1.82) is 0 Å². The number of carbonyl (C=O) groups is 4. The van der Waals surface area contributed by atoms with Crippen LogP contribution in [0.2, 0.25) is 0 Å². The number of hydrogen-bond acceptors (Lipinski definition) is 7. The van der Waals surface area contributed by atoms with Crippen molar-refractivity contribution < 1.29 is 33.4 Å². The van der Waals surface area contributed by atoms with Crippen LogP contribution in [0.15, 0.2) is 66.7 Å². The van der Waals surface area contributed by atoms with Crippen molar-refractivity contribution in [3.63, 3.8) is 0 Å². The van der Waals surface area contributed by atoms with Crippen molar-refractivity contribution in [3.8, 4) is 11.5 Å². The van der Waals surface area contributed by atoms with Crippen LogP contribution in [0.5, 0.6) is 11.5 Å². The number of rotatable bonds is 5. The van der Waals surface area contributed by atoms with Gasteiger partial charge in [-0.3, -0.25) is 14.4 Å². The lowest BCUT2D eigenvalue weighted by Crippen LogP contribution is -2.34. The molecule has 1 fully saturated rings. The minimum Gasteiger partial charge on any atom is -0.452 e. The molecule has 1 aliphatic carbocycles. The van der Waals surface area contributed by atoms with E-state index in [0.29, 0.717) is 28.3 Å². The summed E-state index contributed by atoms with van der Waals surface area (Å²) in [6.45, 7) is -0.519. The Morgan fingerprint density at radius 3 is 2.30 bits per heavy atom. The maximum absolute atomic E-state index is 12.7. The van der Waals surface area contributed by atoms with Crippen molar-refractivity contribution in [2.45, 2.75) is 31.5 Å². The second kappa shape index (κ2) is 8.77. The predicted molar refractivity (Wildman–Crippen MR) is 132 cm³/mol. The van der Waals surface area contributed by atoms with Crippen LogP contribution in [-0.2, 0) is 9.53 Å². The molecule has 0 radical (unpaired) electrons. The summed E-state index contributed by atoms with van der Waals surface area (Å²) >= 11 is 0. The van der Waals surface area contributed by atoms with Gasteiger partial charge in [-0.15, -0.1) is 0 Å². The van der Waals surface area contributed by atoms with E-state index >= 15 is 0 Å². The number of nitrogens with one attached hydrogen (secondary N) is 1. The van der Waals surface area contributed by atoms with Crippen molar-refractivity contribution in [3.05, 3.63) is 83.4 Å². The molecular formula is C28H22N2O7. The summed E-state index contributed by atoms with van der Waals surface area (Å²) < 4.78 is 17.2. The molecule has 9 nitrogen and oxygen atoms in total. The quantitative estimate of drug-likeness (QED) is 0.412. The second-order valence-corrected chi connectivity index (χ2v) is 9.15. The highest BCUT2D eigenvalue weighted by atomic mass is 16.7. The zero-order chi connectivity index (χ0) is 25.6. The fraction of sp³-hybridized carbons (Fsp3) is 0.214. The van der Waals surface area contributed by atoms with Gasteiger partial charge in [0.1, 0.15) is 0 Å². The minimum absolute atomic E-state index is 0.104. The maximum atomic E-state index is 12.7. The molecule has 0 bridgehead atoms. The molecule has 1 N–H and O–H groups in total. The van der Waals surface area contributed by atoms with Gasteiger partial charge >= 0.3 is 5.97 Å². The number of ether oxygens (including phenoxy) is 3. The van der Waals surface area contributed by atoms with Gasteiger partial charge in [0, 0.05) is 24.6 Å². The van der Waals surface area contributed by atoms with Crippen LogP contribution in [0.1, 0.15) is 56.8 Å². The van der Waals surface area contributed by atoms with E-state index in [1.54, 1.807) is 54.6 Å². The molecule has 3 aliphatic rings. The number of amides is 3. The van der Waals surface area contributed by atoms with Crippen molar-refractivity contribution in [2.75, 3.05) is 16.8 Å². The summed E-state index contributed by atoms with van der Waals surface area (Å²) in [7, 11) is 0. The second-order valence-electron chi connectivity index (χ2n) is 9.15. The fourth-order valence-corrected chi connectivity index (χ4v) is 4.90. The van der Waals surface area contributed by atoms with Gasteiger partial charge in [-0.2, -0.15) is 0 Å². The van der Waals surface area contributed by atoms with Gasteiger partial charge in [-0.1, -0.05) is 18.2 Å². The van der Waals surface area contributed by atoms with Crippen LogP contribution >= 0.6 is 0 Å². The number of anilines is 2. The highest BCUT2D eigenvalue weighted by Gasteiger charge is 2.44.